The summed E-state index contributed by atoms with van der Waals surface area (Å²) >= 11 is 0. The number of aromatic nitrogens is 1. The molecule has 1 aromatic heterocycles. The fraction of sp³-hybridized carbons (Fsp3) is 0.500. The van der Waals surface area contributed by atoms with E-state index in [1.54, 1.807) is 50.2 Å². The predicted molar refractivity (Wildman–Crippen MR) is 178 cm³/mol. The molecule has 2 aliphatic rings. The molecule has 1 aromatic carbocycles. The zero-order valence-corrected chi connectivity index (χ0v) is 28.3. The van der Waals surface area contributed by atoms with Crippen molar-refractivity contribution >= 4 is 35.4 Å². The highest BCUT2D eigenvalue weighted by molar-refractivity contribution is 5.98. The Labute approximate surface area is 284 Å². The quantitative estimate of drug-likeness (QED) is 0.210. The van der Waals surface area contributed by atoms with Crippen molar-refractivity contribution in [2.45, 2.75) is 90.1 Å². The zero-order valence-electron chi connectivity index (χ0n) is 28.3. The van der Waals surface area contributed by atoms with Gasteiger partial charge in [-0.2, -0.15) is 0 Å². The minimum Gasteiger partial charge on any atom is -0.394 e. The van der Waals surface area contributed by atoms with Gasteiger partial charge in [-0.1, -0.05) is 44.2 Å². The molecule has 2 aliphatic heterocycles. The van der Waals surface area contributed by atoms with Gasteiger partial charge in [0, 0.05) is 18.3 Å². The van der Waals surface area contributed by atoms with Gasteiger partial charge in [0.15, 0.2) is 0 Å². The number of hydrogen-bond donors (Lipinski definition) is 7. The summed E-state index contributed by atoms with van der Waals surface area (Å²) in [6.07, 6.45) is -0.0866. The Kier molecular flexibility index (Phi) is 11.9. The van der Waals surface area contributed by atoms with E-state index in [2.05, 4.69) is 31.6 Å². The van der Waals surface area contributed by atoms with Crippen molar-refractivity contribution in [3.8, 4) is 0 Å². The Morgan fingerprint density at radius 3 is 2.27 bits per heavy atom. The molecular weight excluding hydrogens is 634 g/mol. The Morgan fingerprint density at radius 2 is 1.63 bits per heavy atom. The number of aliphatic hydroxyl groups excluding tert-OH is 1. The van der Waals surface area contributed by atoms with E-state index >= 15 is 0 Å². The Hall–Kier alpha value is -5.05. The first-order valence-corrected chi connectivity index (χ1v) is 16.4. The van der Waals surface area contributed by atoms with Crippen LogP contribution in [0.2, 0.25) is 0 Å². The van der Waals surface area contributed by atoms with Crippen molar-refractivity contribution in [2.75, 3.05) is 13.2 Å². The third-order valence-electron chi connectivity index (χ3n) is 8.63. The van der Waals surface area contributed by atoms with Crippen LogP contribution in [-0.4, -0.2) is 93.8 Å². The largest absolute Gasteiger partial charge is 0.394 e. The second-order valence-corrected chi connectivity index (χ2v) is 13.2. The van der Waals surface area contributed by atoms with Crippen LogP contribution in [0.4, 0.5) is 0 Å². The van der Waals surface area contributed by atoms with Crippen LogP contribution in [0.1, 0.15) is 73.3 Å². The summed E-state index contributed by atoms with van der Waals surface area (Å²) in [6, 6.07) is 3.95. The molecule has 0 spiro atoms. The van der Waals surface area contributed by atoms with Gasteiger partial charge in [0.2, 0.25) is 29.5 Å². The summed E-state index contributed by atoms with van der Waals surface area (Å²) in [5.74, 6) is -4.10. The van der Waals surface area contributed by atoms with Crippen LogP contribution in [0.15, 0.2) is 41.2 Å². The summed E-state index contributed by atoms with van der Waals surface area (Å²) in [5.41, 5.74) is 0.941. The van der Waals surface area contributed by atoms with E-state index in [1.165, 1.54) is 6.92 Å². The number of aromatic amines is 1. The number of nitrogens with one attached hydrogen (secondary N) is 6. The number of nitrogens with zero attached hydrogens (tertiary/aromatic N) is 1. The maximum absolute atomic E-state index is 13.9. The SMILES string of the molecule is Cc1cc(C)c(C(=O)N[C@H]2C[C@H]3C(=O)N[C@@H](C)C(=O)N[C@@H](c4ccccc4)CC(=O)N[C@@H](CC(C)C)C(=O)N[C@H](CO)C(=O)N3C2)c(=O)[nH]1. The van der Waals surface area contributed by atoms with Gasteiger partial charge in [0.05, 0.1) is 19.1 Å². The van der Waals surface area contributed by atoms with Crippen LogP contribution >= 0.6 is 0 Å². The van der Waals surface area contributed by atoms with Crippen molar-refractivity contribution in [3.05, 3.63) is 69.1 Å². The van der Waals surface area contributed by atoms with Crippen molar-refractivity contribution < 1.29 is 33.9 Å². The lowest BCUT2D eigenvalue weighted by atomic mass is 10.00. The number of pyridine rings is 1. The molecule has 15 nitrogen and oxygen atoms in total. The fourth-order valence-electron chi connectivity index (χ4n) is 6.24. The van der Waals surface area contributed by atoms with E-state index < -0.39 is 83.9 Å². The molecule has 0 aliphatic carbocycles. The van der Waals surface area contributed by atoms with Crippen molar-refractivity contribution in [2.24, 2.45) is 5.92 Å². The topological polar surface area (TPSA) is 219 Å². The molecule has 2 saturated heterocycles. The molecule has 15 heteroatoms. The van der Waals surface area contributed by atoms with Crippen molar-refractivity contribution in [1.82, 2.24) is 36.5 Å². The van der Waals surface area contributed by atoms with E-state index in [-0.39, 0.29) is 37.3 Å². The first-order chi connectivity index (χ1) is 23.2. The average molecular weight is 680 g/mol. The zero-order chi connectivity index (χ0) is 36.0. The smallest absolute Gasteiger partial charge is 0.261 e. The Bertz CT molecular complexity index is 1640. The van der Waals surface area contributed by atoms with Gasteiger partial charge in [0.1, 0.15) is 29.7 Å². The standard InChI is InChI=1S/C34H45N7O8/c1-17(2)11-24-30(45)40-25(16-42)34(49)41-15-22(37-33(48)28-18(3)12-19(4)35-32(28)47)13-26(41)31(46)36-20(5)29(44)39-23(14-27(43)38-24)21-9-7-6-8-10-21/h6-10,12,17,20,22-26,42H,11,13-16H2,1-5H3,(H,35,47)(H,36,46)(H,37,48)(H,38,43)(H,39,44)(H,40,45)/t20-,22-,23+,24-,25+,26-/m0/s1. The fourth-order valence-corrected chi connectivity index (χ4v) is 6.24. The average Bonchev–Trinajstić information content (AvgIpc) is 3.45. The van der Waals surface area contributed by atoms with Crippen LogP contribution in [-0.2, 0) is 24.0 Å². The van der Waals surface area contributed by atoms with Gasteiger partial charge in [-0.3, -0.25) is 33.6 Å². The van der Waals surface area contributed by atoms with Crippen LogP contribution in [0.3, 0.4) is 0 Å². The molecule has 6 amide bonds. The number of benzene rings is 1. The molecule has 264 valence electrons. The van der Waals surface area contributed by atoms with E-state index in [1.807, 2.05) is 13.8 Å². The highest BCUT2D eigenvalue weighted by Gasteiger charge is 2.44. The van der Waals surface area contributed by atoms with E-state index in [4.69, 9.17) is 0 Å². The number of aryl methyl sites for hydroxylation is 2. The molecular formula is C34H45N7O8. The molecule has 6 atom stereocenters. The maximum atomic E-state index is 13.9. The third kappa shape index (κ3) is 9.10. The molecule has 3 heterocycles. The molecule has 0 bridgehead atoms. The van der Waals surface area contributed by atoms with Gasteiger partial charge in [-0.15, -0.1) is 0 Å². The van der Waals surface area contributed by atoms with Gasteiger partial charge in [0.25, 0.3) is 11.5 Å². The number of fused-ring (bicyclic) bond motifs is 1. The number of rotatable bonds is 6. The van der Waals surface area contributed by atoms with Crippen molar-refractivity contribution in [3.63, 3.8) is 0 Å². The van der Waals surface area contributed by atoms with Crippen LogP contribution in [0.5, 0.6) is 0 Å². The summed E-state index contributed by atoms with van der Waals surface area (Å²) < 4.78 is 0. The first kappa shape index (κ1) is 36.8. The number of carbonyl (C=O) groups excluding carboxylic acids is 6. The molecule has 2 aromatic rings. The minimum atomic E-state index is -1.49. The lowest BCUT2D eigenvalue weighted by Gasteiger charge is -2.30. The molecule has 7 N–H and O–H groups in total. The Morgan fingerprint density at radius 1 is 0.939 bits per heavy atom. The summed E-state index contributed by atoms with van der Waals surface area (Å²) in [4.78, 5) is 97.3. The number of amides is 6. The van der Waals surface area contributed by atoms with E-state index in [0.717, 1.165) is 4.90 Å². The van der Waals surface area contributed by atoms with Crippen molar-refractivity contribution in [1.29, 1.82) is 0 Å². The molecule has 0 saturated carbocycles. The summed E-state index contributed by atoms with van der Waals surface area (Å²) in [5, 5.41) is 23.7. The lowest BCUT2D eigenvalue weighted by molar-refractivity contribution is -0.143. The second kappa shape index (κ2) is 15.9. The van der Waals surface area contributed by atoms with E-state index in [9.17, 15) is 38.7 Å². The molecule has 2 fully saturated rings. The normalized spacial score (nSPS) is 25.6. The predicted octanol–water partition coefficient (Wildman–Crippen LogP) is -0.535. The van der Waals surface area contributed by atoms with Crippen LogP contribution in [0.25, 0.3) is 0 Å². The molecule has 0 radical (unpaired) electrons. The minimum absolute atomic E-state index is 0.0455. The number of H-pyrrole nitrogens is 1. The van der Waals surface area contributed by atoms with E-state index in [0.29, 0.717) is 16.8 Å². The highest BCUT2D eigenvalue weighted by atomic mass is 16.3. The molecule has 0 unspecified atom stereocenters. The highest BCUT2D eigenvalue weighted by Crippen LogP contribution is 2.22. The maximum Gasteiger partial charge on any atom is 0.261 e. The first-order valence-electron chi connectivity index (χ1n) is 16.4. The second-order valence-electron chi connectivity index (χ2n) is 13.2. The summed E-state index contributed by atoms with van der Waals surface area (Å²) in [7, 11) is 0. The van der Waals surface area contributed by atoms with Crippen LogP contribution < -0.4 is 32.1 Å². The van der Waals surface area contributed by atoms with Gasteiger partial charge in [-0.05, 0) is 56.7 Å². The molecule has 4 rings (SSSR count). The molecule has 49 heavy (non-hydrogen) atoms. The lowest BCUT2D eigenvalue weighted by Crippen LogP contribution is -2.59. The monoisotopic (exact) mass is 679 g/mol. The van der Waals surface area contributed by atoms with Gasteiger partial charge >= 0.3 is 0 Å². The third-order valence-corrected chi connectivity index (χ3v) is 8.63. The van der Waals surface area contributed by atoms with Crippen LogP contribution in [0, 0.1) is 19.8 Å². The number of hydrogen-bond acceptors (Lipinski definition) is 8. The Balaban J connectivity index is 1.67. The number of aliphatic hydroxyl groups is 1. The van der Waals surface area contributed by atoms with Gasteiger partial charge < -0.3 is 41.6 Å². The number of carbonyl (C=O) groups is 6. The summed E-state index contributed by atoms with van der Waals surface area (Å²) in [6.45, 7) is 7.46. The van der Waals surface area contributed by atoms with Gasteiger partial charge in [-0.25, -0.2) is 0 Å².